The second kappa shape index (κ2) is 9.42. The Morgan fingerprint density at radius 1 is 1.04 bits per heavy atom. The van der Waals surface area contributed by atoms with E-state index in [0.29, 0.717) is 0 Å². The number of halogens is 1. The Morgan fingerprint density at radius 2 is 1.83 bits per heavy atom. The molecule has 3 rings (SSSR count). The molecule has 2 unspecified atom stereocenters. The van der Waals surface area contributed by atoms with Crippen LogP contribution in [0.15, 0.2) is 4.99 Å². The minimum Gasteiger partial charge on any atom is -0.356 e. The van der Waals surface area contributed by atoms with Crippen LogP contribution in [0.3, 0.4) is 0 Å². The first-order chi connectivity index (χ1) is 10.8. The Hall–Kier alpha value is -0.0800. The Bertz CT molecular complexity index is 383. The van der Waals surface area contributed by atoms with Crippen LogP contribution in [0.2, 0.25) is 0 Å². The molecule has 3 heterocycles. The molecule has 0 radical (unpaired) electrons. The number of likely N-dealkylation sites (tertiary alicyclic amines) is 3. The number of piperidine rings is 1. The van der Waals surface area contributed by atoms with Crippen LogP contribution in [0.1, 0.15) is 32.1 Å². The Balaban J connectivity index is 0.00000192. The molecular weight excluding hydrogens is 401 g/mol. The molecule has 0 saturated carbocycles. The molecule has 23 heavy (non-hydrogen) atoms. The summed E-state index contributed by atoms with van der Waals surface area (Å²) in [6, 6.07) is 0.747. The summed E-state index contributed by atoms with van der Waals surface area (Å²) in [6.07, 6.45) is 6.81. The molecule has 1 N–H and O–H groups in total. The zero-order valence-corrected chi connectivity index (χ0v) is 17.2. The second-order valence-electron chi connectivity index (χ2n) is 7.33. The lowest BCUT2D eigenvalue weighted by atomic mass is 10.1. The van der Waals surface area contributed by atoms with Crippen molar-refractivity contribution in [3.63, 3.8) is 0 Å². The van der Waals surface area contributed by atoms with Gasteiger partial charge in [-0.1, -0.05) is 6.42 Å². The summed E-state index contributed by atoms with van der Waals surface area (Å²) in [4.78, 5) is 12.1. The first-order valence-electron chi connectivity index (χ1n) is 9.14. The predicted octanol–water partition coefficient (Wildman–Crippen LogP) is 1.69. The molecular formula is C17H34IN5. The standard InChI is InChI=1S/C17H33N5.HI/c1-18-17(19-12-15-6-10-20(2)13-15)22-11-7-16(14-22)21-8-4-3-5-9-21;/h15-16H,3-14H2,1-2H3,(H,18,19);1H. The maximum atomic E-state index is 4.53. The number of guanidine groups is 1. The van der Waals surface area contributed by atoms with Gasteiger partial charge in [-0.2, -0.15) is 0 Å². The summed E-state index contributed by atoms with van der Waals surface area (Å²) >= 11 is 0. The van der Waals surface area contributed by atoms with Gasteiger partial charge >= 0.3 is 0 Å². The largest absolute Gasteiger partial charge is 0.356 e. The molecule has 134 valence electrons. The van der Waals surface area contributed by atoms with Gasteiger partial charge in [0.25, 0.3) is 0 Å². The van der Waals surface area contributed by atoms with Crippen molar-refractivity contribution in [3.8, 4) is 0 Å². The van der Waals surface area contributed by atoms with Crippen LogP contribution in [-0.4, -0.2) is 86.6 Å². The van der Waals surface area contributed by atoms with E-state index in [9.17, 15) is 0 Å². The highest BCUT2D eigenvalue weighted by Crippen LogP contribution is 2.20. The van der Waals surface area contributed by atoms with Gasteiger partial charge in [-0.15, -0.1) is 24.0 Å². The maximum Gasteiger partial charge on any atom is 0.193 e. The summed E-state index contributed by atoms with van der Waals surface area (Å²) in [5.74, 6) is 1.90. The minimum absolute atomic E-state index is 0. The zero-order valence-electron chi connectivity index (χ0n) is 14.8. The highest BCUT2D eigenvalue weighted by Gasteiger charge is 2.30. The molecule has 6 heteroatoms. The Kier molecular flexibility index (Phi) is 7.88. The van der Waals surface area contributed by atoms with Crippen LogP contribution >= 0.6 is 24.0 Å². The van der Waals surface area contributed by atoms with E-state index < -0.39 is 0 Å². The summed E-state index contributed by atoms with van der Waals surface area (Å²) in [7, 11) is 4.15. The Labute approximate surface area is 158 Å². The van der Waals surface area contributed by atoms with Crippen LogP contribution in [0.4, 0.5) is 0 Å². The highest BCUT2D eigenvalue weighted by atomic mass is 127. The van der Waals surface area contributed by atoms with E-state index in [0.717, 1.165) is 37.6 Å². The van der Waals surface area contributed by atoms with E-state index in [1.807, 2.05) is 7.05 Å². The summed E-state index contributed by atoms with van der Waals surface area (Å²) in [5, 5.41) is 3.63. The number of hydrogen-bond acceptors (Lipinski definition) is 3. The van der Waals surface area contributed by atoms with Crippen molar-refractivity contribution in [2.75, 3.05) is 59.9 Å². The van der Waals surface area contributed by atoms with Crippen molar-refractivity contribution in [1.29, 1.82) is 0 Å². The van der Waals surface area contributed by atoms with Gasteiger partial charge in [0.05, 0.1) is 0 Å². The van der Waals surface area contributed by atoms with E-state index in [1.54, 1.807) is 0 Å². The zero-order chi connectivity index (χ0) is 15.4. The topological polar surface area (TPSA) is 34.1 Å². The number of nitrogens with zero attached hydrogens (tertiary/aromatic N) is 4. The third-order valence-corrected chi connectivity index (χ3v) is 5.62. The quantitative estimate of drug-likeness (QED) is 0.416. The van der Waals surface area contributed by atoms with Crippen LogP contribution in [-0.2, 0) is 0 Å². The van der Waals surface area contributed by atoms with Gasteiger partial charge in [-0.25, -0.2) is 0 Å². The molecule has 0 aromatic carbocycles. The molecule has 5 nitrogen and oxygen atoms in total. The van der Waals surface area contributed by atoms with Crippen LogP contribution in [0, 0.1) is 5.92 Å². The average Bonchev–Trinajstić information content (AvgIpc) is 3.18. The fourth-order valence-electron chi connectivity index (χ4n) is 4.28. The van der Waals surface area contributed by atoms with Crippen molar-refractivity contribution in [2.45, 2.75) is 38.1 Å². The first kappa shape index (κ1) is 19.2. The van der Waals surface area contributed by atoms with Gasteiger partial charge in [0.15, 0.2) is 5.96 Å². The maximum absolute atomic E-state index is 4.53. The average molecular weight is 435 g/mol. The lowest BCUT2D eigenvalue weighted by molar-refractivity contribution is 0.168. The van der Waals surface area contributed by atoms with E-state index in [1.165, 1.54) is 58.3 Å². The van der Waals surface area contributed by atoms with Gasteiger partial charge in [0, 0.05) is 39.3 Å². The number of hydrogen-bond donors (Lipinski definition) is 1. The lowest BCUT2D eigenvalue weighted by Crippen LogP contribution is -2.45. The number of nitrogens with one attached hydrogen (secondary N) is 1. The molecule has 3 aliphatic heterocycles. The normalized spacial score (nSPS) is 30.5. The van der Waals surface area contributed by atoms with Gasteiger partial charge in [0.2, 0.25) is 0 Å². The van der Waals surface area contributed by atoms with Crippen molar-refractivity contribution in [2.24, 2.45) is 10.9 Å². The van der Waals surface area contributed by atoms with Crippen LogP contribution in [0.25, 0.3) is 0 Å². The molecule has 3 saturated heterocycles. The molecule has 2 atom stereocenters. The van der Waals surface area contributed by atoms with E-state index >= 15 is 0 Å². The fraction of sp³-hybridized carbons (Fsp3) is 0.941. The van der Waals surface area contributed by atoms with Gasteiger partial charge in [0.1, 0.15) is 0 Å². The van der Waals surface area contributed by atoms with Crippen LogP contribution in [0.5, 0.6) is 0 Å². The van der Waals surface area contributed by atoms with Crippen molar-refractivity contribution >= 4 is 29.9 Å². The molecule has 3 fully saturated rings. The molecule has 3 aliphatic rings. The fourth-order valence-corrected chi connectivity index (χ4v) is 4.28. The summed E-state index contributed by atoms with van der Waals surface area (Å²) in [5.41, 5.74) is 0. The second-order valence-corrected chi connectivity index (χ2v) is 7.33. The van der Waals surface area contributed by atoms with E-state index in [-0.39, 0.29) is 24.0 Å². The third-order valence-electron chi connectivity index (χ3n) is 5.62. The van der Waals surface area contributed by atoms with E-state index in [2.05, 4.69) is 32.1 Å². The van der Waals surface area contributed by atoms with Crippen molar-refractivity contribution in [1.82, 2.24) is 20.0 Å². The molecule has 0 spiro atoms. The monoisotopic (exact) mass is 435 g/mol. The highest BCUT2D eigenvalue weighted by molar-refractivity contribution is 14.0. The number of aliphatic imine (C=N–C) groups is 1. The number of rotatable bonds is 3. The molecule has 0 aromatic rings. The van der Waals surface area contributed by atoms with Crippen molar-refractivity contribution < 1.29 is 0 Å². The lowest BCUT2D eigenvalue weighted by Gasteiger charge is -2.32. The SMILES string of the molecule is CN=C(NCC1CCN(C)C1)N1CCC(N2CCCCC2)C1.I. The third kappa shape index (κ3) is 5.19. The first-order valence-corrected chi connectivity index (χ1v) is 9.14. The molecule has 0 aromatic heterocycles. The Morgan fingerprint density at radius 3 is 2.48 bits per heavy atom. The molecule has 0 amide bonds. The van der Waals surface area contributed by atoms with Gasteiger partial charge in [-0.3, -0.25) is 9.89 Å². The molecule has 0 bridgehead atoms. The smallest absolute Gasteiger partial charge is 0.193 e. The van der Waals surface area contributed by atoms with Gasteiger partial charge in [-0.05, 0) is 58.3 Å². The van der Waals surface area contributed by atoms with Crippen LogP contribution < -0.4 is 5.32 Å². The summed E-state index contributed by atoms with van der Waals surface area (Å²) < 4.78 is 0. The predicted molar refractivity (Wildman–Crippen MR) is 108 cm³/mol. The molecule has 0 aliphatic carbocycles. The van der Waals surface area contributed by atoms with E-state index in [4.69, 9.17) is 0 Å². The summed E-state index contributed by atoms with van der Waals surface area (Å²) in [6.45, 7) is 8.46. The minimum atomic E-state index is 0. The van der Waals surface area contributed by atoms with Crippen molar-refractivity contribution in [3.05, 3.63) is 0 Å². The van der Waals surface area contributed by atoms with Gasteiger partial charge < -0.3 is 15.1 Å².